The first-order chi connectivity index (χ1) is 14.0. The Kier molecular flexibility index (Phi) is 4.82. The minimum Gasteiger partial charge on any atom is -0.454 e. The number of ether oxygens (including phenoxy) is 2. The molecule has 1 aliphatic heterocycles. The van der Waals surface area contributed by atoms with Crippen molar-refractivity contribution in [2.45, 2.75) is 0 Å². The van der Waals surface area contributed by atoms with Crippen LogP contribution >= 0.6 is 0 Å². The number of amides is 2. The van der Waals surface area contributed by atoms with Gasteiger partial charge in [0, 0.05) is 22.9 Å². The van der Waals surface area contributed by atoms with E-state index in [2.05, 4.69) is 10.6 Å². The second-order valence-corrected chi connectivity index (χ2v) is 6.15. The molecule has 4 rings (SSSR count). The van der Waals surface area contributed by atoms with Crippen LogP contribution in [0, 0.1) is 11.6 Å². The van der Waals surface area contributed by atoms with Crippen molar-refractivity contribution in [3.63, 3.8) is 0 Å². The third kappa shape index (κ3) is 3.86. The quantitative estimate of drug-likeness (QED) is 0.693. The van der Waals surface area contributed by atoms with Crippen LogP contribution in [-0.4, -0.2) is 18.6 Å². The summed E-state index contributed by atoms with van der Waals surface area (Å²) in [5.74, 6) is -1.89. The van der Waals surface area contributed by atoms with Crippen molar-refractivity contribution in [1.82, 2.24) is 0 Å². The summed E-state index contributed by atoms with van der Waals surface area (Å²) in [6.45, 7) is 0.118. The van der Waals surface area contributed by atoms with E-state index in [1.54, 1.807) is 18.2 Å². The molecule has 2 N–H and O–H groups in total. The molecule has 6 nitrogen and oxygen atoms in total. The van der Waals surface area contributed by atoms with Gasteiger partial charge in [0.1, 0.15) is 17.3 Å². The first kappa shape index (κ1) is 18.4. The van der Waals surface area contributed by atoms with Crippen molar-refractivity contribution in [2.75, 3.05) is 17.4 Å². The monoisotopic (exact) mass is 396 g/mol. The average molecular weight is 396 g/mol. The van der Waals surface area contributed by atoms with Gasteiger partial charge >= 0.3 is 0 Å². The summed E-state index contributed by atoms with van der Waals surface area (Å²) in [7, 11) is 0. The van der Waals surface area contributed by atoms with Crippen LogP contribution in [0.3, 0.4) is 0 Å². The van der Waals surface area contributed by atoms with E-state index >= 15 is 0 Å². The standard InChI is InChI=1S/C21H14F2N2O4/c22-15-5-2-6-16(23)19(15)25-21(27)13-4-1-3-12(9-13)20(26)24-14-7-8-17-18(10-14)29-11-28-17/h1-10H,11H2,(H,24,26)(H,25,27). The van der Waals surface area contributed by atoms with Crippen molar-refractivity contribution >= 4 is 23.2 Å². The van der Waals surface area contributed by atoms with Crippen LogP contribution in [0.15, 0.2) is 60.7 Å². The third-order valence-electron chi connectivity index (χ3n) is 4.22. The lowest BCUT2D eigenvalue weighted by Crippen LogP contribution is -2.16. The number of halogens is 2. The molecule has 0 aliphatic carbocycles. The maximum atomic E-state index is 13.7. The Morgan fingerprint density at radius 3 is 2.10 bits per heavy atom. The lowest BCUT2D eigenvalue weighted by molar-refractivity contribution is 0.102. The number of anilines is 2. The molecule has 3 aromatic rings. The Bertz CT molecular complexity index is 1100. The summed E-state index contributed by atoms with van der Waals surface area (Å²) < 4.78 is 37.9. The fraction of sp³-hybridized carbons (Fsp3) is 0.0476. The number of hydrogen-bond acceptors (Lipinski definition) is 4. The van der Waals surface area contributed by atoms with Crippen LogP contribution in [0.5, 0.6) is 11.5 Å². The molecule has 8 heteroatoms. The zero-order valence-corrected chi connectivity index (χ0v) is 14.9. The zero-order chi connectivity index (χ0) is 20.4. The van der Waals surface area contributed by atoms with Crippen LogP contribution in [-0.2, 0) is 0 Å². The van der Waals surface area contributed by atoms with E-state index in [-0.39, 0.29) is 17.9 Å². The van der Waals surface area contributed by atoms with Gasteiger partial charge in [-0.1, -0.05) is 12.1 Å². The summed E-state index contributed by atoms with van der Waals surface area (Å²) in [5, 5.41) is 4.88. The number of hydrogen-bond donors (Lipinski definition) is 2. The molecule has 146 valence electrons. The van der Waals surface area contributed by atoms with Gasteiger partial charge < -0.3 is 20.1 Å². The molecular weight excluding hydrogens is 382 g/mol. The first-order valence-electron chi connectivity index (χ1n) is 8.58. The van der Waals surface area contributed by atoms with Gasteiger partial charge in [-0.3, -0.25) is 9.59 Å². The summed E-state index contributed by atoms with van der Waals surface area (Å²) in [5.41, 5.74) is 0.213. The van der Waals surface area contributed by atoms with Crippen LogP contribution in [0.2, 0.25) is 0 Å². The van der Waals surface area contributed by atoms with Gasteiger partial charge in [0.05, 0.1) is 0 Å². The molecular formula is C21H14F2N2O4. The Morgan fingerprint density at radius 2 is 1.38 bits per heavy atom. The second kappa shape index (κ2) is 7.59. The molecule has 0 unspecified atom stereocenters. The minimum atomic E-state index is -0.893. The van der Waals surface area contributed by atoms with Gasteiger partial charge in [0.2, 0.25) is 6.79 Å². The molecule has 0 fully saturated rings. The van der Waals surface area contributed by atoms with Crippen molar-refractivity contribution < 1.29 is 27.8 Å². The van der Waals surface area contributed by atoms with E-state index in [0.717, 1.165) is 12.1 Å². The number of fused-ring (bicyclic) bond motifs is 1. The van der Waals surface area contributed by atoms with Crippen LogP contribution < -0.4 is 20.1 Å². The zero-order valence-electron chi connectivity index (χ0n) is 14.9. The Labute approximate surface area is 164 Å². The molecule has 0 aromatic heterocycles. The molecule has 0 saturated carbocycles. The first-order valence-corrected chi connectivity index (χ1v) is 8.58. The van der Waals surface area contributed by atoms with Gasteiger partial charge in [0.25, 0.3) is 11.8 Å². The van der Waals surface area contributed by atoms with E-state index in [4.69, 9.17) is 9.47 Å². The van der Waals surface area contributed by atoms with E-state index in [0.29, 0.717) is 17.2 Å². The summed E-state index contributed by atoms with van der Waals surface area (Å²) in [4.78, 5) is 24.9. The van der Waals surface area contributed by atoms with Crippen molar-refractivity contribution in [2.24, 2.45) is 0 Å². The molecule has 1 heterocycles. The molecule has 0 spiro atoms. The van der Waals surface area contributed by atoms with Gasteiger partial charge in [-0.15, -0.1) is 0 Å². The van der Waals surface area contributed by atoms with Crippen LogP contribution in [0.1, 0.15) is 20.7 Å². The molecule has 0 radical (unpaired) electrons. The lowest BCUT2D eigenvalue weighted by atomic mass is 10.1. The second-order valence-electron chi connectivity index (χ2n) is 6.15. The predicted molar refractivity (Wildman–Crippen MR) is 101 cm³/mol. The van der Waals surface area contributed by atoms with Crippen LogP contribution in [0.4, 0.5) is 20.2 Å². The van der Waals surface area contributed by atoms with Crippen molar-refractivity contribution in [3.05, 3.63) is 83.4 Å². The van der Waals surface area contributed by atoms with E-state index in [1.807, 2.05) is 0 Å². The Hall–Kier alpha value is -3.94. The van der Waals surface area contributed by atoms with Gasteiger partial charge in [-0.05, 0) is 42.5 Å². The van der Waals surface area contributed by atoms with Crippen LogP contribution in [0.25, 0.3) is 0 Å². The van der Waals surface area contributed by atoms with Gasteiger partial charge in [-0.2, -0.15) is 0 Å². The molecule has 1 aliphatic rings. The number of para-hydroxylation sites is 1. The number of rotatable bonds is 4. The highest BCUT2D eigenvalue weighted by Gasteiger charge is 2.17. The smallest absolute Gasteiger partial charge is 0.255 e. The molecule has 29 heavy (non-hydrogen) atoms. The highest BCUT2D eigenvalue weighted by molar-refractivity contribution is 6.08. The fourth-order valence-electron chi connectivity index (χ4n) is 2.78. The minimum absolute atomic E-state index is 0.0750. The Morgan fingerprint density at radius 1 is 0.759 bits per heavy atom. The Balaban J connectivity index is 1.50. The maximum Gasteiger partial charge on any atom is 0.255 e. The van der Waals surface area contributed by atoms with Gasteiger partial charge in [0.15, 0.2) is 11.5 Å². The number of nitrogens with one attached hydrogen (secondary N) is 2. The van der Waals surface area contributed by atoms with Gasteiger partial charge in [-0.25, -0.2) is 8.78 Å². The molecule has 3 aromatic carbocycles. The maximum absolute atomic E-state index is 13.7. The molecule has 2 amide bonds. The largest absolute Gasteiger partial charge is 0.454 e. The van der Waals surface area contributed by atoms with Crippen molar-refractivity contribution in [3.8, 4) is 11.5 Å². The van der Waals surface area contributed by atoms with E-state index in [9.17, 15) is 18.4 Å². The lowest BCUT2D eigenvalue weighted by Gasteiger charge is -2.09. The van der Waals surface area contributed by atoms with E-state index in [1.165, 1.54) is 30.3 Å². The fourth-order valence-corrected chi connectivity index (χ4v) is 2.78. The van der Waals surface area contributed by atoms with Crippen molar-refractivity contribution in [1.29, 1.82) is 0 Å². The number of carbonyl (C=O) groups is 2. The molecule has 0 bridgehead atoms. The SMILES string of the molecule is O=C(Nc1ccc2c(c1)OCO2)c1cccc(C(=O)Nc2c(F)cccc2F)c1. The highest BCUT2D eigenvalue weighted by atomic mass is 19.1. The third-order valence-corrected chi connectivity index (χ3v) is 4.22. The summed E-state index contributed by atoms with van der Waals surface area (Å²) in [6, 6.07) is 14.0. The normalized spacial score (nSPS) is 11.8. The average Bonchev–Trinajstić information content (AvgIpc) is 3.18. The number of benzene rings is 3. The molecule has 0 saturated heterocycles. The summed E-state index contributed by atoms with van der Waals surface area (Å²) in [6.07, 6.45) is 0. The van der Waals surface area contributed by atoms with E-state index < -0.39 is 29.1 Å². The summed E-state index contributed by atoms with van der Waals surface area (Å²) >= 11 is 0. The predicted octanol–water partition coefficient (Wildman–Crippen LogP) is 4.20. The highest BCUT2D eigenvalue weighted by Crippen LogP contribution is 2.34. The topological polar surface area (TPSA) is 76.7 Å². The molecule has 0 atom stereocenters. The number of carbonyl (C=O) groups excluding carboxylic acids is 2.